The van der Waals surface area contributed by atoms with Gasteiger partial charge in [0.05, 0.1) is 13.7 Å². The van der Waals surface area contributed by atoms with Gasteiger partial charge in [0.1, 0.15) is 5.75 Å². The van der Waals surface area contributed by atoms with Crippen molar-refractivity contribution < 1.29 is 9.53 Å². The molecule has 1 unspecified atom stereocenters. The fraction of sp³-hybridized carbons (Fsp3) is 0.500. The number of rotatable bonds is 4. The first-order valence-corrected chi connectivity index (χ1v) is 6.59. The fourth-order valence-corrected chi connectivity index (χ4v) is 2.31. The maximum Gasteiger partial charge on any atom is 0.238 e. The molecule has 0 saturated carbocycles. The largest absolute Gasteiger partial charge is 0.497 e. The molecule has 1 atom stereocenters. The van der Waals surface area contributed by atoms with E-state index in [4.69, 9.17) is 10.5 Å². The summed E-state index contributed by atoms with van der Waals surface area (Å²) in [7, 11) is 1.62. The molecule has 0 aromatic heterocycles. The van der Waals surface area contributed by atoms with Crippen LogP contribution in [-0.4, -0.2) is 43.6 Å². The Morgan fingerprint density at radius 3 is 2.84 bits per heavy atom. The topological polar surface area (TPSA) is 67.6 Å². The molecule has 1 aliphatic heterocycles. The zero-order chi connectivity index (χ0) is 13.7. The third-order valence-corrected chi connectivity index (χ3v) is 3.28. The Labute approximate surface area is 113 Å². The predicted octanol–water partition coefficient (Wildman–Crippen LogP) is 1.06. The Morgan fingerprint density at radius 1 is 1.47 bits per heavy atom. The van der Waals surface area contributed by atoms with E-state index in [0.717, 1.165) is 37.4 Å². The van der Waals surface area contributed by atoms with Gasteiger partial charge in [0.25, 0.3) is 0 Å². The van der Waals surface area contributed by atoms with Crippen LogP contribution in [0, 0.1) is 0 Å². The normalized spacial score (nSPS) is 20.0. The van der Waals surface area contributed by atoms with E-state index in [1.165, 1.54) is 0 Å². The highest BCUT2D eigenvalue weighted by Crippen LogP contribution is 2.15. The lowest BCUT2D eigenvalue weighted by Gasteiger charge is -2.29. The van der Waals surface area contributed by atoms with Gasteiger partial charge in [-0.15, -0.1) is 0 Å². The molecule has 1 saturated heterocycles. The van der Waals surface area contributed by atoms with Crippen LogP contribution in [0.4, 0.5) is 5.69 Å². The number of carbonyl (C=O) groups is 1. The van der Waals surface area contributed by atoms with Crippen molar-refractivity contribution in [1.82, 2.24) is 4.90 Å². The Hall–Kier alpha value is -1.59. The van der Waals surface area contributed by atoms with Gasteiger partial charge < -0.3 is 15.8 Å². The van der Waals surface area contributed by atoms with Gasteiger partial charge in [0, 0.05) is 18.3 Å². The summed E-state index contributed by atoms with van der Waals surface area (Å²) in [6, 6.07) is 7.51. The molecule has 0 aliphatic carbocycles. The van der Waals surface area contributed by atoms with Gasteiger partial charge in [0.15, 0.2) is 0 Å². The highest BCUT2D eigenvalue weighted by atomic mass is 16.5. The number of nitrogens with zero attached hydrogens (tertiary/aromatic N) is 1. The molecule has 0 radical (unpaired) electrons. The van der Waals surface area contributed by atoms with Crippen LogP contribution in [-0.2, 0) is 4.79 Å². The molecule has 0 bridgehead atoms. The van der Waals surface area contributed by atoms with Crippen LogP contribution in [0.5, 0.6) is 5.75 Å². The molecule has 2 rings (SSSR count). The standard InChI is InChI=1S/C14H21N3O2/c1-19-13-6-4-12(5-7-13)16-14(18)10-17-8-2-3-11(15)9-17/h4-7,11H,2-3,8-10,15H2,1H3,(H,16,18). The summed E-state index contributed by atoms with van der Waals surface area (Å²) in [5, 5.41) is 2.88. The molecule has 104 valence electrons. The van der Waals surface area contributed by atoms with Crippen molar-refractivity contribution in [2.45, 2.75) is 18.9 Å². The lowest BCUT2D eigenvalue weighted by molar-refractivity contribution is -0.117. The van der Waals surface area contributed by atoms with Crippen LogP contribution in [0.1, 0.15) is 12.8 Å². The van der Waals surface area contributed by atoms with E-state index in [0.29, 0.717) is 6.54 Å². The maximum absolute atomic E-state index is 11.9. The van der Waals surface area contributed by atoms with E-state index in [1.807, 2.05) is 24.3 Å². The second-order valence-electron chi connectivity index (χ2n) is 4.91. The number of benzene rings is 1. The van der Waals surface area contributed by atoms with Gasteiger partial charge in [-0.25, -0.2) is 0 Å². The number of hydrogen-bond acceptors (Lipinski definition) is 4. The van der Waals surface area contributed by atoms with Gasteiger partial charge in [-0.2, -0.15) is 0 Å². The first-order chi connectivity index (χ1) is 9.17. The number of methoxy groups -OCH3 is 1. The molecule has 1 aromatic carbocycles. The smallest absolute Gasteiger partial charge is 0.238 e. The first kappa shape index (κ1) is 13.8. The van der Waals surface area contributed by atoms with Crippen molar-refractivity contribution in [2.75, 3.05) is 32.1 Å². The monoisotopic (exact) mass is 263 g/mol. The Bertz CT molecular complexity index is 419. The number of nitrogens with two attached hydrogens (primary N) is 1. The number of carbonyl (C=O) groups excluding carboxylic acids is 1. The van der Waals surface area contributed by atoms with Crippen molar-refractivity contribution in [3.63, 3.8) is 0 Å². The van der Waals surface area contributed by atoms with Crippen molar-refractivity contribution in [1.29, 1.82) is 0 Å². The summed E-state index contributed by atoms with van der Waals surface area (Å²) >= 11 is 0. The van der Waals surface area contributed by atoms with E-state index in [1.54, 1.807) is 7.11 Å². The Morgan fingerprint density at radius 2 is 2.21 bits per heavy atom. The molecule has 5 heteroatoms. The fourth-order valence-electron chi connectivity index (χ4n) is 2.31. The van der Waals surface area contributed by atoms with E-state index >= 15 is 0 Å². The predicted molar refractivity (Wildman–Crippen MR) is 75.3 cm³/mol. The van der Waals surface area contributed by atoms with Crippen molar-refractivity contribution in [3.05, 3.63) is 24.3 Å². The molecule has 1 amide bonds. The van der Waals surface area contributed by atoms with Crippen LogP contribution >= 0.6 is 0 Å². The number of nitrogens with one attached hydrogen (secondary N) is 1. The zero-order valence-electron chi connectivity index (χ0n) is 11.3. The summed E-state index contributed by atoms with van der Waals surface area (Å²) in [5.74, 6) is 0.777. The average molecular weight is 263 g/mol. The van der Waals surface area contributed by atoms with Crippen LogP contribution in [0.3, 0.4) is 0 Å². The summed E-state index contributed by atoms with van der Waals surface area (Å²) in [6.45, 7) is 2.15. The minimum Gasteiger partial charge on any atom is -0.497 e. The van der Waals surface area contributed by atoms with Crippen molar-refractivity contribution in [2.24, 2.45) is 5.73 Å². The summed E-state index contributed by atoms with van der Waals surface area (Å²) < 4.78 is 5.07. The number of ether oxygens (including phenoxy) is 1. The van der Waals surface area contributed by atoms with Gasteiger partial charge in [-0.1, -0.05) is 0 Å². The molecular weight excluding hydrogens is 242 g/mol. The van der Waals surface area contributed by atoms with Gasteiger partial charge in [0.2, 0.25) is 5.91 Å². The molecule has 3 N–H and O–H groups in total. The second-order valence-corrected chi connectivity index (χ2v) is 4.91. The minimum absolute atomic E-state index is 0.000679. The molecule has 1 aliphatic rings. The quantitative estimate of drug-likeness (QED) is 0.852. The number of likely N-dealkylation sites (tertiary alicyclic amines) is 1. The summed E-state index contributed by atoms with van der Waals surface area (Å²) in [6.07, 6.45) is 2.12. The summed E-state index contributed by atoms with van der Waals surface area (Å²) in [5.41, 5.74) is 6.68. The van der Waals surface area contributed by atoms with Crippen LogP contribution < -0.4 is 15.8 Å². The summed E-state index contributed by atoms with van der Waals surface area (Å²) in [4.78, 5) is 14.0. The maximum atomic E-state index is 11.9. The average Bonchev–Trinajstić information content (AvgIpc) is 2.39. The third kappa shape index (κ3) is 4.22. The highest BCUT2D eigenvalue weighted by molar-refractivity contribution is 5.92. The molecule has 19 heavy (non-hydrogen) atoms. The molecule has 1 heterocycles. The number of piperidine rings is 1. The third-order valence-electron chi connectivity index (χ3n) is 3.28. The number of amides is 1. The van der Waals surface area contributed by atoms with E-state index in [9.17, 15) is 4.79 Å². The molecule has 1 fully saturated rings. The number of anilines is 1. The van der Waals surface area contributed by atoms with Crippen molar-refractivity contribution >= 4 is 11.6 Å². The number of hydrogen-bond donors (Lipinski definition) is 2. The van der Waals surface area contributed by atoms with E-state index < -0.39 is 0 Å². The molecule has 1 aromatic rings. The van der Waals surface area contributed by atoms with Gasteiger partial charge >= 0.3 is 0 Å². The molecule has 0 spiro atoms. The van der Waals surface area contributed by atoms with Gasteiger partial charge in [-0.3, -0.25) is 9.69 Å². The molecular formula is C14H21N3O2. The van der Waals surface area contributed by atoms with E-state index in [-0.39, 0.29) is 11.9 Å². The SMILES string of the molecule is COc1ccc(NC(=O)CN2CCCC(N)C2)cc1. The van der Waals surface area contributed by atoms with Gasteiger partial charge in [-0.05, 0) is 43.7 Å². The minimum atomic E-state index is -0.000679. The molecule has 5 nitrogen and oxygen atoms in total. The zero-order valence-corrected chi connectivity index (χ0v) is 11.3. The first-order valence-electron chi connectivity index (χ1n) is 6.59. The van der Waals surface area contributed by atoms with Crippen LogP contribution in [0.2, 0.25) is 0 Å². The lowest BCUT2D eigenvalue weighted by Crippen LogP contribution is -2.45. The van der Waals surface area contributed by atoms with Crippen LogP contribution in [0.25, 0.3) is 0 Å². The highest BCUT2D eigenvalue weighted by Gasteiger charge is 2.18. The van der Waals surface area contributed by atoms with Crippen LogP contribution in [0.15, 0.2) is 24.3 Å². The van der Waals surface area contributed by atoms with E-state index in [2.05, 4.69) is 10.2 Å². The Balaban J connectivity index is 1.83. The second kappa shape index (κ2) is 6.54. The Kier molecular flexibility index (Phi) is 4.76. The lowest BCUT2D eigenvalue weighted by atomic mass is 10.1. The van der Waals surface area contributed by atoms with Crippen molar-refractivity contribution in [3.8, 4) is 5.75 Å².